The zero-order valence-electron chi connectivity index (χ0n) is 30.2. The van der Waals surface area contributed by atoms with Gasteiger partial charge in [-0.05, 0) is 76.3 Å². The first-order valence-corrected chi connectivity index (χ1v) is 19.6. The summed E-state index contributed by atoms with van der Waals surface area (Å²) >= 11 is 1.84. The quantitative estimate of drug-likeness (QED) is 0.171. The van der Waals surface area contributed by atoms with Crippen LogP contribution >= 0.6 is 11.3 Å². The number of fused-ring (bicyclic) bond motifs is 6. The van der Waals surface area contributed by atoms with Gasteiger partial charge in [0.05, 0.1) is 11.4 Å². The number of benzene rings is 8. The zero-order chi connectivity index (χ0) is 37.0. The van der Waals surface area contributed by atoms with Crippen LogP contribution in [-0.4, -0.2) is 9.97 Å². The molecule has 0 fully saturated rings. The highest BCUT2D eigenvalue weighted by molar-refractivity contribution is 7.25. The van der Waals surface area contributed by atoms with Crippen LogP contribution in [0, 0.1) is 0 Å². The first-order chi connectivity index (χ1) is 27.7. The summed E-state index contributed by atoms with van der Waals surface area (Å²) in [5.74, 6) is 0.698. The molecule has 0 spiro atoms. The minimum Gasteiger partial charge on any atom is -0.455 e. The molecule has 0 bridgehead atoms. The number of nitrogens with zero attached hydrogens (tertiary/aromatic N) is 2. The molecule has 0 saturated heterocycles. The van der Waals surface area contributed by atoms with Crippen molar-refractivity contribution in [3.05, 3.63) is 194 Å². The van der Waals surface area contributed by atoms with Gasteiger partial charge in [-0.15, -0.1) is 11.3 Å². The summed E-state index contributed by atoms with van der Waals surface area (Å²) in [6, 6.07) is 68.6. The van der Waals surface area contributed by atoms with E-state index in [1.54, 1.807) is 0 Å². The van der Waals surface area contributed by atoms with Gasteiger partial charge in [0.15, 0.2) is 5.82 Å². The van der Waals surface area contributed by atoms with E-state index >= 15 is 0 Å². The molecule has 8 aromatic carbocycles. The minimum absolute atomic E-state index is 0.698. The Morgan fingerprint density at radius 3 is 1.73 bits per heavy atom. The Kier molecular flexibility index (Phi) is 7.68. The van der Waals surface area contributed by atoms with Gasteiger partial charge in [-0.1, -0.05) is 146 Å². The van der Waals surface area contributed by atoms with Crippen molar-refractivity contribution in [1.29, 1.82) is 0 Å². The fraction of sp³-hybridized carbons (Fsp3) is 0. The van der Waals surface area contributed by atoms with E-state index in [0.717, 1.165) is 83.4 Å². The van der Waals surface area contributed by atoms with E-state index in [0.29, 0.717) is 5.82 Å². The number of rotatable bonds is 6. The smallest absolute Gasteiger partial charge is 0.160 e. The van der Waals surface area contributed by atoms with Crippen LogP contribution in [0.2, 0.25) is 0 Å². The molecule has 0 saturated carbocycles. The molecule has 0 amide bonds. The third kappa shape index (κ3) is 5.67. The van der Waals surface area contributed by atoms with E-state index in [1.165, 1.54) is 20.2 Å². The summed E-state index contributed by atoms with van der Waals surface area (Å²) < 4.78 is 9.00. The van der Waals surface area contributed by atoms with Crippen molar-refractivity contribution in [3.63, 3.8) is 0 Å². The SMILES string of the molecule is c1ccc(-c2cc(-c3cc(-c4ccc(-c5cccc6c5oc5ccccc56)cc4)cc(-c4ccc5sc6ccccc6c5c4)c3)nc(-c3ccccc3)n2)cc1. The molecule has 56 heavy (non-hydrogen) atoms. The summed E-state index contributed by atoms with van der Waals surface area (Å²) in [4.78, 5) is 10.3. The molecular weight excluding hydrogens is 701 g/mol. The van der Waals surface area contributed by atoms with Crippen LogP contribution in [0.4, 0.5) is 0 Å². The first kappa shape index (κ1) is 32.3. The van der Waals surface area contributed by atoms with Crippen molar-refractivity contribution >= 4 is 53.4 Å². The van der Waals surface area contributed by atoms with E-state index in [-0.39, 0.29) is 0 Å². The average Bonchev–Trinajstić information content (AvgIpc) is 3.85. The van der Waals surface area contributed by atoms with Gasteiger partial charge < -0.3 is 4.42 Å². The van der Waals surface area contributed by atoms with E-state index in [9.17, 15) is 0 Å². The third-order valence-electron chi connectivity index (χ3n) is 10.7. The molecule has 3 aromatic heterocycles. The van der Waals surface area contributed by atoms with Crippen LogP contribution in [-0.2, 0) is 0 Å². The molecule has 0 radical (unpaired) electrons. The normalized spacial score (nSPS) is 11.6. The van der Waals surface area contributed by atoms with Crippen molar-refractivity contribution in [1.82, 2.24) is 9.97 Å². The maximum Gasteiger partial charge on any atom is 0.160 e. The second kappa shape index (κ2) is 13.3. The number of aromatic nitrogens is 2. The number of furan rings is 1. The molecule has 11 rings (SSSR count). The molecule has 3 nitrogen and oxygen atoms in total. The number of thiophene rings is 1. The van der Waals surface area contributed by atoms with Crippen molar-refractivity contribution in [2.24, 2.45) is 0 Å². The minimum atomic E-state index is 0.698. The number of hydrogen-bond donors (Lipinski definition) is 0. The van der Waals surface area contributed by atoms with Gasteiger partial charge in [-0.3, -0.25) is 0 Å². The maximum atomic E-state index is 6.41. The Balaban J connectivity index is 1.09. The van der Waals surface area contributed by atoms with Crippen LogP contribution in [0.25, 0.3) is 109 Å². The molecule has 0 unspecified atom stereocenters. The molecule has 0 aliphatic carbocycles. The standard InChI is InChI=1S/C52H32N2OS/c1-3-12-35(13-4-1)46-32-47(54-52(53-46)36-14-5-2-6-15-36)40-29-38(28-39(30-40)37-26-27-50-45(31-37)43-17-8-10-21-49(43)56-50)33-22-24-34(25-23-33)41-18-11-19-44-42-16-7-9-20-48(42)55-51(41)44/h1-32H. The highest BCUT2D eigenvalue weighted by Gasteiger charge is 2.16. The predicted molar refractivity (Wildman–Crippen MR) is 235 cm³/mol. The van der Waals surface area contributed by atoms with Gasteiger partial charge in [0, 0.05) is 53.2 Å². The molecule has 262 valence electrons. The van der Waals surface area contributed by atoms with Crippen molar-refractivity contribution in [3.8, 4) is 67.3 Å². The third-order valence-corrected chi connectivity index (χ3v) is 11.9. The average molecular weight is 733 g/mol. The van der Waals surface area contributed by atoms with Crippen LogP contribution in [0.1, 0.15) is 0 Å². The maximum absolute atomic E-state index is 6.41. The monoisotopic (exact) mass is 732 g/mol. The lowest BCUT2D eigenvalue weighted by molar-refractivity contribution is 0.670. The summed E-state index contributed by atoms with van der Waals surface area (Å²) in [5.41, 5.74) is 13.4. The van der Waals surface area contributed by atoms with Crippen molar-refractivity contribution in [2.45, 2.75) is 0 Å². The molecule has 4 heteroatoms. The second-order valence-corrected chi connectivity index (χ2v) is 15.2. The molecule has 11 aromatic rings. The Morgan fingerprint density at radius 2 is 0.929 bits per heavy atom. The fourth-order valence-electron chi connectivity index (χ4n) is 7.90. The van der Waals surface area contributed by atoms with Crippen molar-refractivity contribution in [2.75, 3.05) is 0 Å². The van der Waals surface area contributed by atoms with Gasteiger partial charge in [-0.25, -0.2) is 9.97 Å². The molecule has 0 aliphatic heterocycles. The Morgan fingerprint density at radius 1 is 0.339 bits per heavy atom. The van der Waals surface area contributed by atoms with E-state index in [1.807, 2.05) is 47.7 Å². The number of hydrogen-bond acceptors (Lipinski definition) is 4. The molecule has 0 N–H and O–H groups in total. The highest BCUT2D eigenvalue weighted by Crippen LogP contribution is 2.40. The van der Waals surface area contributed by atoms with Gasteiger partial charge in [0.25, 0.3) is 0 Å². The Labute approximate surface area is 327 Å². The lowest BCUT2D eigenvalue weighted by atomic mass is 9.93. The molecule has 0 aliphatic rings. The Bertz CT molecular complexity index is 3180. The predicted octanol–water partition coefficient (Wildman–Crippen LogP) is 14.7. The van der Waals surface area contributed by atoms with Crippen LogP contribution in [0.15, 0.2) is 199 Å². The lowest BCUT2D eigenvalue weighted by Gasteiger charge is -2.14. The van der Waals surface area contributed by atoms with Gasteiger partial charge in [0.1, 0.15) is 11.2 Å². The van der Waals surface area contributed by atoms with Crippen LogP contribution < -0.4 is 0 Å². The highest BCUT2D eigenvalue weighted by atomic mass is 32.1. The summed E-state index contributed by atoms with van der Waals surface area (Å²) in [5, 5.41) is 4.83. The lowest BCUT2D eigenvalue weighted by Crippen LogP contribution is -1.96. The van der Waals surface area contributed by atoms with E-state index < -0.39 is 0 Å². The summed E-state index contributed by atoms with van der Waals surface area (Å²) in [6.45, 7) is 0. The van der Waals surface area contributed by atoms with Gasteiger partial charge in [0.2, 0.25) is 0 Å². The van der Waals surface area contributed by atoms with Gasteiger partial charge >= 0.3 is 0 Å². The first-order valence-electron chi connectivity index (χ1n) is 18.8. The van der Waals surface area contributed by atoms with Gasteiger partial charge in [-0.2, -0.15) is 0 Å². The van der Waals surface area contributed by atoms with Crippen LogP contribution in [0.5, 0.6) is 0 Å². The second-order valence-electron chi connectivity index (χ2n) is 14.2. The largest absolute Gasteiger partial charge is 0.455 e. The van der Waals surface area contributed by atoms with Crippen molar-refractivity contribution < 1.29 is 4.42 Å². The van der Waals surface area contributed by atoms with E-state index in [4.69, 9.17) is 14.4 Å². The van der Waals surface area contributed by atoms with E-state index in [2.05, 4.69) is 158 Å². The molecular formula is C52H32N2OS. The molecule has 3 heterocycles. The summed E-state index contributed by atoms with van der Waals surface area (Å²) in [7, 11) is 0. The number of para-hydroxylation sites is 2. The Hall–Kier alpha value is -7.14. The fourth-order valence-corrected chi connectivity index (χ4v) is 8.99. The van der Waals surface area contributed by atoms with Crippen LogP contribution in [0.3, 0.4) is 0 Å². The zero-order valence-corrected chi connectivity index (χ0v) is 31.0. The topological polar surface area (TPSA) is 38.9 Å². The molecule has 0 atom stereocenters. The summed E-state index contributed by atoms with van der Waals surface area (Å²) in [6.07, 6.45) is 0.